The zero-order valence-corrected chi connectivity index (χ0v) is 31.3. The van der Waals surface area contributed by atoms with Crippen LogP contribution in [0.25, 0.3) is 0 Å². The van der Waals surface area contributed by atoms with Crippen molar-refractivity contribution in [1.29, 1.82) is 0 Å². The molecule has 0 aliphatic carbocycles. The van der Waals surface area contributed by atoms with Crippen molar-refractivity contribution in [2.45, 2.75) is 251 Å². The first kappa shape index (κ1) is 44.3. The Morgan fingerprint density at radius 2 is 0.756 bits per heavy atom. The molecule has 0 aromatic carbocycles. The molecule has 0 radical (unpaired) electrons. The molecular weight excluding hydrogens is 554 g/mol. The monoisotopic (exact) mass is 636 g/mol. The summed E-state index contributed by atoms with van der Waals surface area (Å²) in [6.07, 6.45) is 35.4. The molecule has 4 heteroatoms. The molecule has 0 saturated carbocycles. The first-order chi connectivity index (χ1) is 21.9. The van der Waals surface area contributed by atoms with Gasteiger partial charge in [0, 0.05) is 18.9 Å². The molecule has 0 spiro atoms. The topological polar surface area (TPSA) is 66.4 Å². The Morgan fingerprint density at radius 1 is 0.467 bits per heavy atom. The standard InChI is InChI=1S/C41H81NO3/c1-6-11-13-15-17-19-21-23-25-27-29-31-33-35-39(44)41(10-5,42-37(8-3)38(43)9-4)40(45)36-34-32-30-28-26-24-22-20-18-16-14-12-7-2/h37-38,42-43H,6-36H2,1-5H3. The number of Topliss-reactive ketones (excluding diaryl/α,β-unsaturated/α-hetero) is 2. The first-order valence-corrected chi connectivity index (χ1v) is 20.5. The Morgan fingerprint density at radius 3 is 1.00 bits per heavy atom. The van der Waals surface area contributed by atoms with E-state index in [4.69, 9.17) is 0 Å². The number of ketones is 2. The molecule has 0 aliphatic rings. The van der Waals surface area contributed by atoms with Crippen molar-refractivity contribution >= 4 is 11.6 Å². The maximum atomic E-state index is 13.8. The van der Waals surface area contributed by atoms with Crippen LogP contribution in [0.15, 0.2) is 0 Å². The van der Waals surface area contributed by atoms with E-state index in [0.29, 0.717) is 32.1 Å². The van der Waals surface area contributed by atoms with Gasteiger partial charge in [-0.05, 0) is 32.1 Å². The SMILES string of the molecule is CCCCCCCCCCCCCCCC(=O)C(CC)(NC(CC)C(O)CC)C(=O)CCCCCCCCCCCCCCC. The largest absolute Gasteiger partial charge is 0.392 e. The van der Waals surface area contributed by atoms with E-state index in [2.05, 4.69) is 19.2 Å². The number of unbranched alkanes of at least 4 members (excludes halogenated alkanes) is 24. The molecule has 2 N–H and O–H groups in total. The van der Waals surface area contributed by atoms with Crippen molar-refractivity contribution in [2.75, 3.05) is 0 Å². The van der Waals surface area contributed by atoms with Crippen LogP contribution < -0.4 is 5.32 Å². The molecule has 0 saturated heterocycles. The Bertz CT molecular complexity index is 621. The maximum Gasteiger partial charge on any atom is 0.160 e. The Labute approximate surface area is 282 Å². The van der Waals surface area contributed by atoms with E-state index >= 15 is 0 Å². The highest BCUT2D eigenvalue weighted by molar-refractivity contribution is 6.11. The molecule has 0 rings (SSSR count). The molecule has 4 nitrogen and oxygen atoms in total. The summed E-state index contributed by atoms with van der Waals surface area (Å²) in [7, 11) is 0. The van der Waals surface area contributed by atoms with E-state index in [1.165, 1.54) is 141 Å². The third-order valence-corrected chi connectivity index (χ3v) is 10.3. The Balaban J connectivity index is 4.56. The molecule has 0 fully saturated rings. The minimum Gasteiger partial charge on any atom is -0.392 e. The van der Waals surface area contributed by atoms with E-state index in [1.807, 2.05) is 20.8 Å². The highest BCUT2D eigenvalue weighted by Crippen LogP contribution is 2.24. The predicted octanol–water partition coefficient (Wildman–Crippen LogP) is 12.4. The normalized spacial score (nSPS) is 13.3. The van der Waals surface area contributed by atoms with Crippen LogP contribution in [0.3, 0.4) is 0 Å². The molecule has 0 bridgehead atoms. The van der Waals surface area contributed by atoms with Gasteiger partial charge in [0.1, 0.15) is 5.54 Å². The van der Waals surface area contributed by atoms with Gasteiger partial charge in [0.2, 0.25) is 0 Å². The van der Waals surface area contributed by atoms with Gasteiger partial charge in [-0.1, -0.05) is 189 Å². The van der Waals surface area contributed by atoms with Crippen molar-refractivity contribution in [3.05, 3.63) is 0 Å². The fourth-order valence-electron chi connectivity index (χ4n) is 6.92. The summed E-state index contributed by atoms with van der Waals surface area (Å²) in [5.74, 6) is 0.101. The van der Waals surface area contributed by atoms with Crippen LogP contribution in [-0.4, -0.2) is 34.4 Å². The zero-order valence-electron chi connectivity index (χ0n) is 31.3. The lowest BCUT2D eigenvalue weighted by Crippen LogP contribution is -2.62. The lowest BCUT2D eigenvalue weighted by molar-refractivity contribution is -0.138. The summed E-state index contributed by atoms with van der Waals surface area (Å²) >= 11 is 0. The molecule has 2 atom stereocenters. The molecule has 268 valence electrons. The van der Waals surface area contributed by atoms with Gasteiger partial charge in [0.05, 0.1) is 6.10 Å². The summed E-state index contributed by atoms with van der Waals surface area (Å²) in [4.78, 5) is 27.5. The molecule has 0 heterocycles. The van der Waals surface area contributed by atoms with Crippen LogP contribution in [0, 0.1) is 0 Å². The van der Waals surface area contributed by atoms with Crippen LogP contribution in [0.5, 0.6) is 0 Å². The lowest BCUT2D eigenvalue weighted by atomic mass is 9.80. The number of aliphatic hydroxyl groups is 1. The van der Waals surface area contributed by atoms with Crippen molar-refractivity contribution in [2.24, 2.45) is 0 Å². The number of carbonyl (C=O) groups excluding carboxylic acids is 2. The van der Waals surface area contributed by atoms with E-state index in [1.54, 1.807) is 0 Å². The molecule has 2 unspecified atom stereocenters. The fraction of sp³-hybridized carbons (Fsp3) is 0.951. The number of hydrogen-bond acceptors (Lipinski definition) is 4. The van der Waals surface area contributed by atoms with E-state index in [-0.39, 0.29) is 17.6 Å². The average molecular weight is 636 g/mol. The number of aliphatic hydroxyl groups excluding tert-OH is 1. The summed E-state index contributed by atoms with van der Waals surface area (Å²) in [5.41, 5.74) is -1.15. The van der Waals surface area contributed by atoms with Crippen LogP contribution in [0.4, 0.5) is 0 Å². The first-order valence-electron chi connectivity index (χ1n) is 20.5. The smallest absolute Gasteiger partial charge is 0.160 e. The van der Waals surface area contributed by atoms with Gasteiger partial charge in [-0.25, -0.2) is 0 Å². The molecule has 0 aromatic heterocycles. The lowest BCUT2D eigenvalue weighted by Gasteiger charge is -2.37. The quantitative estimate of drug-likeness (QED) is 0.0531. The van der Waals surface area contributed by atoms with Crippen LogP contribution >= 0.6 is 0 Å². The molecule has 0 amide bonds. The number of hydrogen-bond donors (Lipinski definition) is 2. The van der Waals surface area contributed by atoms with Crippen LogP contribution in [0.2, 0.25) is 0 Å². The second-order valence-corrected chi connectivity index (χ2v) is 14.2. The third kappa shape index (κ3) is 22.5. The van der Waals surface area contributed by atoms with E-state index < -0.39 is 11.6 Å². The third-order valence-electron chi connectivity index (χ3n) is 10.3. The Hall–Kier alpha value is -0.740. The van der Waals surface area contributed by atoms with E-state index in [9.17, 15) is 14.7 Å². The van der Waals surface area contributed by atoms with Gasteiger partial charge in [0.25, 0.3) is 0 Å². The van der Waals surface area contributed by atoms with Crippen LogP contribution in [-0.2, 0) is 9.59 Å². The second-order valence-electron chi connectivity index (χ2n) is 14.2. The molecular formula is C41H81NO3. The van der Waals surface area contributed by atoms with Gasteiger partial charge in [0.15, 0.2) is 11.6 Å². The number of carbonyl (C=O) groups is 2. The van der Waals surface area contributed by atoms with Gasteiger partial charge < -0.3 is 5.11 Å². The van der Waals surface area contributed by atoms with Gasteiger partial charge in [-0.2, -0.15) is 0 Å². The predicted molar refractivity (Wildman–Crippen MR) is 197 cm³/mol. The summed E-state index contributed by atoms with van der Waals surface area (Å²) in [5, 5.41) is 14.1. The highest BCUT2D eigenvalue weighted by Gasteiger charge is 2.44. The fourth-order valence-corrected chi connectivity index (χ4v) is 6.92. The van der Waals surface area contributed by atoms with Crippen LogP contribution in [0.1, 0.15) is 234 Å². The molecule has 0 aromatic rings. The zero-order chi connectivity index (χ0) is 33.4. The van der Waals surface area contributed by atoms with Crippen molar-refractivity contribution < 1.29 is 14.7 Å². The molecule has 0 aliphatic heterocycles. The van der Waals surface area contributed by atoms with Gasteiger partial charge >= 0.3 is 0 Å². The highest BCUT2D eigenvalue weighted by atomic mass is 16.3. The minimum absolute atomic E-state index is 0.0505. The summed E-state index contributed by atoms with van der Waals surface area (Å²) in [6, 6.07) is -0.235. The summed E-state index contributed by atoms with van der Waals surface area (Å²) < 4.78 is 0. The average Bonchev–Trinajstić information content (AvgIpc) is 3.05. The minimum atomic E-state index is -1.15. The Kier molecular flexibility index (Phi) is 31.3. The van der Waals surface area contributed by atoms with Gasteiger partial charge in [-0.3, -0.25) is 14.9 Å². The molecule has 45 heavy (non-hydrogen) atoms. The van der Waals surface area contributed by atoms with Crippen molar-refractivity contribution in [3.8, 4) is 0 Å². The number of nitrogens with one attached hydrogen (secondary N) is 1. The van der Waals surface area contributed by atoms with Crippen molar-refractivity contribution in [3.63, 3.8) is 0 Å². The van der Waals surface area contributed by atoms with E-state index in [0.717, 1.165) is 25.7 Å². The summed E-state index contributed by atoms with van der Waals surface area (Å²) in [6.45, 7) is 10.5. The maximum absolute atomic E-state index is 13.8. The van der Waals surface area contributed by atoms with Crippen molar-refractivity contribution in [1.82, 2.24) is 5.32 Å². The number of rotatable bonds is 36. The second kappa shape index (κ2) is 31.8. The van der Waals surface area contributed by atoms with Gasteiger partial charge in [-0.15, -0.1) is 0 Å².